The number of benzene rings is 1. The molecular formula is C16H20O2S. The van der Waals surface area contributed by atoms with Gasteiger partial charge in [0.05, 0.1) is 6.61 Å². The minimum atomic E-state index is 0.131. The fourth-order valence-corrected chi connectivity index (χ4v) is 3.22. The molecule has 0 aliphatic carbocycles. The summed E-state index contributed by atoms with van der Waals surface area (Å²) in [6, 6.07) is 8.29. The zero-order valence-corrected chi connectivity index (χ0v) is 11.9. The normalized spacial score (nSPS) is 15.8. The second-order valence-corrected chi connectivity index (χ2v) is 5.84. The van der Waals surface area contributed by atoms with Crippen LogP contribution < -0.4 is 0 Å². The summed E-state index contributed by atoms with van der Waals surface area (Å²) in [5, 5.41) is 9.48. The van der Waals surface area contributed by atoms with Gasteiger partial charge >= 0.3 is 0 Å². The zero-order chi connectivity index (χ0) is 13.3. The molecule has 0 spiro atoms. The molecule has 102 valence electrons. The van der Waals surface area contributed by atoms with Gasteiger partial charge in [0, 0.05) is 36.2 Å². The Balaban J connectivity index is 1.93. The van der Waals surface area contributed by atoms with E-state index in [2.05, 4.69) is 30.0 Å². The summed E-state index contributed by atoms with van der Waals surface area (Å²) in [5.41, 5.74) is 2.39. The summed E-state index contributed by atoms with van der Waals surface area (Å²) in [7, 11) is 0. The summed E-state index contributed by atoms with van der Waals surface area (Å²) >= 11 is 2.01. The highest BCUT2D eigenvalue weighted by atomic mass is 32.2. The van der Waals surface area contributed by atoms with E-state index in [1.54, 1.807) is 0 Å². The maximum Gasteiger partial charge on any atom is 0.0540 e. The van der Waals surface area contributed by atoms with Crippen LogP contribution >= 0.6 is 11.8 Å². The molecule has 1 N–H and O–H groups in total. The Morgan fingerprint density at radius 3 is 2.84 bits per heavy atom. The third-order valence-corrected chi connectivity index (χ3v) is 4.54. The van der Waals surface area contributed by atoms with Crippen LogP contribution in [0.3, 0.4) is 0 Å². The molecule has 0 aromatic heterocycles. The average Bonchev–Trinajstić information content (AvgIpc) is 2.48. The van der Waals surface area contributed by atoms with Gasteiger partial charge in [0.1, 0.15) is 0 Å². The topological polar surface area (TPSA) is 29.5 Å². The van der Waals surface area contributed by atoms with Gasteiger partial charge in [-0.3, -0.25) is 0 Å². The monoisotopic (exact) mass is 276 g/mol. The van der Waals surface area contributed by atoms with Crippen LogP contribution in [-0.2, 0) is 10.5 Å². The number of rotatable bonds is 4. The van der Waals surface area contributed by atoms with Crippen molar-refractivity contribution >= 4 is 11.8 Å². The number of hydrogen-bond donors (Lipinski definition) is 1. The SMILES string of the molecule is OCCC#Cc1ccccc1CSC1CCOCC1. The average molecular weight is 276 g/mol. The van der Waals surface area contributed by atoms with Gasteiger partial charge in [-0.05, 0) is 24.5 Å². The maximum atomic E-state index is 8.77. The van der Waals surface area contributed by atoms with Crippen LogP contribution in [0.2, 0.25) is 0 Å². The van der Waals surface area contributed by atoms with Gasteiger partial charge in [-0.25, -0.2) is 0 Å². The second kappa shape index (κ2) is 8.27. The lowest BCUT2D eigenvalue weighted by molar-refractivity contribution is 0.1000. The van der Waals surface area contributed by atoms with Crippen LogP contribution in [-0.4, -0.2) is 30.2 Å². The lowest BCUT2D eigenvalue weighted by Crippen LogP contribution is -2.17. The lowest BCUT2D eigenvalue weighted by atomic mass is 10.1. The minimum absolute atomic E-state index is 0.131. The summed E-state index contributed by atoms with van der Waals surface area (Å²) in [4.78, 5) is 0. The fourth-order valence-electron chi connectivity index (χ4n) is 2.03. The van der Waals surface area contributed by atoms with E-state index in [1.165, 1.54) is 5.56 Å². The van der Waals surface area contributed by atoms with E-state index in [4.69, 9.17) is 9.84 Å². The van der Waals surface area contributed by atoms with E-state index in [0.717, 1.165) is 37.4 Å². The third-order valence-electron chi connectivity index (χ3n) is 3.12. The molecule has 0 atom stereocenters. The Bertz CT molecular complexity index is 442. The molecule has 1 fully saturated rings. The quantitative estimate of drug-likeness (QED) is 0.858. The molecule has 1 aliphatic rings. The first-order chi connectivity index (χ1) is 9.40. The molecule has 19 heavy (non-hydrogen) atoms. The van der Waals surface area contributed by atoms with E-state index in [-0.39, 0.29) is 6.61 Å². The van der Waals surface area contributed by atoms with Crippen molar-refractivity contribution in [3.05, 3.63) is 35.4 Å². The van der Waals surface area contributed by atoms with Gasteiger partial charge in [0.2, 0.25) is 0 Å². The number of aliphatic hydroxyl groups excluding tert-OH is 1. The van der Waals surface area contributed by atoms with E-state index >= 15 is 0 Å². The van der Waals surface area contributed by atoms with Crippen LogP contribution in [0.25, 0.3) is 0 Å². The Labute approximate surface area is 119 Å². The zero-order valence-electron chi connectivity index (χ0n) is 11.1. The highest BCUT2D eigenvalue weighted by molar-refractivity contribution is 7.99. The van der Waals surface area contributed by atoms with Crippen LogP contribution in [0, 0.1) is 11.8 Å². The summed E-state index contributed by atoms with van der Waals surface area (Å²) in [6.45, 7) is 1.93. The predicted octanol–water partition coefficient (Wildman–Crippen LogP) is 2.83. The van der Waals surface area contributed by atoms with Crippen LogP contribution in [0.1, 0.15) is 30.4 Å². The van der Waals surface area contributed by atoms with Crippen LogP contribution in [0.4, 0.5) is 0 Å². The van der Waals surface area contributed by atoms with Crippen molar-refractivity contribution in [3.63, 3.8) is 0 Å². The molecule has 1 heterocycles. The molecule has 1 aromatic carbocycles. The first-order valence-corrected chi connectivity index (χ1v) is 7.82. The van der Waals surface area contributed by atoms with Crippen LogP contribution in [0.15, 0.2) is 24.3 Å². The van der Waals surface area contributed by atoms with Crippen LogP contribution in [0.5, 0.6) is 0 Å². The predicted molar refractivity (Wildman–Crippen MR) is 80.2 cm³/mol. The molecule has 1 aliphatic heterocycles. The molecule has 0 bridgehead atoms. The van der Waals surface area contributed by atoms with Crippen molar-refractivity contribution in [2.45, 2.75) is 30.3 Å². The van der Waals surface area contributed by atoms with Gasteiger partial charge in [0.25, 0.3) is 0 Å². The Morgan fingerprint density at radius 2 is 2.05 bits per heavy atom. The van der Waals surface area contributed by atoms with E-state index in [1.807, 2.05) is 17.8 Å². The first kappa shape index (κ1) is 14.5. The number of hydrogen-bond acceptors (Lipinski definition) is 3. The largest absolute Gasteiger partial charge is 0.395 e. The molecule has 2 nitrogen and oxygen atoms in total. The highest BCUT2D eigenvalue weighted by Crippen LogP contribution is 2.26. The number of thioether (sulfide) groups is 1. The lowest BCUT2D eigenvalue weighted by Gasteiger charge is -2.21. The van der Waals surface area contributed by atoms with Gasteiger partial charge in [-0.15, -0.1) is 0 Å². The van der Waals surface area contributed by atoms with Gasteiger partial charge < -0.3 is 9.84 Å². The van der Waals surface area contributed by atoms with Crippen molar-refractivity contribution in [1.82, 2.24) is 0 Å². The standard InChI is InChI=1S/C16H20O2S/c17-10-4-3-6-14-5-1-2-7-15(14)13-19-16-8-11-18-12-9-16/h1-2,5,7,16-17H,4,8-13H2. The summed E-state index contributed by atoms with van der Waals surface area (Å²) in [6.07, 6.45) is 2.85. The third kappa shape index (κ3) is 4.91. The molecule has 0 amide bonds. The highest BCUT2D eigenvalue weighted by Gasteiger charge is 2.14. The smallest absolute Gasteiger partial charge is 0.0540 e. The van der Waals surface area contributed by atoms with E-state index in [9.17, 15) is 0 Å². The fraction of sp³-hybridized carbons (Fsp3) is 0.500. The molecule has 0 radical (unpaired) electrons. The molecule has 2 rings (SSSR count). The van der Waals surface area contributed by atoms with Gasteiger partial charge in [-0.1, -0.05) is 30.0 Å². The number of aliphatic hydroxyl groups is 1. The Kier molecular flexibility index (Phi) is 6.29. The molecular weight excluding hydrogens is 256 g/mol. The van der Waals surface area contributed by atoms with Crippen molar-refractivity contribution in [1.29, 1.82) is 0 Å². The van der Waals surface area contributed by atoms with Crippen molar-refractivity contribution in [2.75, 3.05) is 19.8 Å². The summed E-state index contributed by atoms with van der Waals surface area (Å²) in [5.74, 6) is 7.16. The van der Waals surface area contributed by atoms with E-state index < -0.39 is 0 Å². The maximum absolute atomic E-state index is 8.77. The first-order valence-electron chi connectivity index (χ1n) is 6.77. The Morgan fingerprint density at radius 1 is 1.26 bits per heavy atom. The van der Waals surface area contributed by atoms with Gasteiger partial charge in [0.15, 0.2) is 0 Å². The van der Waals surface area contributed by atoms with Crippen molar-refractivity contribution < 1.29 is 9.84 Å². The van der Waals surface area contributed by atoms with Gasteiger partial charge in [-0.2, -0.15) is 11.8 Å². The van der Waals surface area contributed by atoms with Crippen molar-refractivity contribution in [3.8, 4) is 11.8 Å². The second-order valence-electron chi connectivity index (χ2n) is 4.56. The summed E-state index contributed by atoms with van der Waals surface area (Å²) < 4.78 is 5.38. The number of ether oxygens (including phenoxy) is 1. The molecule has 3 heteroatoms. The molecule has 0 saturated carbocycles. The molecule has 1 aromatic rings. The molecule has 1 saturated heterocycles. The van der Waals surface area contributed by atoms with Crippen molar-refractivity contribution in [2.24, 2.45) is 0 Å². The molecule has 0 unspecified atom stereocenters. The Hall–Kier alpha value is -0.950. The van der Waals surface area contributed by atoms with E-state index in [0.29, 0.717) is 11.7 Å². The minimum Gasteiger partial charge on any atom is -0.395 e.